The van der Waals surface area contributed by atoms with E-state index in [4.69, 9.17) is 5.11 Å². The van der Waals surface area contributed by atoms with Crippen molar-refractivity contribution in [1.82, 2.24) is 14.7 Å². The van der Waals surface area contributed by atoms with Gasteiger partial charge < -0.3 is 14.8 Å². The number of pyridine rings is 1. The molecule has 0 saturated heterocycles. The molecule has 2 N–H and O–H groups in total. The second-order valence-electron chi connectivity index (χ2n) is 4.30. The minimum Gasteiger partial charge on any atom is -0.481 e. The van der Waals surface area contributed by atoms with Crippen LogP contribution in [0.15, 0.2) is 24.5 Å². The Hall–Kier alpha value is -2.37. The first kappa shape index (κ1) is 13.1. The minimum absolute atomic E-state index is 0.0462. The van der Waals surface area contributed by atoms with Crippen LogP contribution >= 0.6 is 0 Å². The molecule has 0 spiro atoms. The summed E-state index contributed by atoms with van der Waals surface area (Å²) >= 11 is 0. The first-order valence-corrected chi connectivity index (χ1v) is 6.02. The van der Waals surface area contributed by atoms with E-state index in [-0.39, 0.29) is 12.3 Å². The molecule has 0 atom stereocenters. The molecule has 2 aromatic rings. The number of carbonyl (C=O) groups excluding carboxylic acids is 1. The van der Waals surface area contributed by atoms with Crippen LogP contribution in [0, 0.1) is 6.92 Å². The van der Waals surface area contributed by atoms with Gasteiger partial charge in [0.05, 0.1) is 0 Å². The number of fused-ring (bicyclic) bond motifs is 1. The molecule has 100 valence electrons. The lowest BCUT2D eigenvalue weighted by Crippen LogP contribution is -2.25. The molecule has 1 amide bonds. The second kappa shape index (κ2) is 5.51. The lowest BCUT2D eigenvalue weighted by molar-refractivity contribution is -0.137. The maximum Gasteiger partial charge on any atom is 0.303 e. The molecule has 0 bridgehead atoms. The molecular formula is C13H15N3O3. The molecule has 0 aliphatic carbocycles. The molecule has 0 aliphatic heterocycles. The maximum absolute atomic E-state index is 11.8. The molecule has 6 heteroatoms. The van der Waals surface area contributed by atoms with Crippen LogP contribution in [0.4, 0.5) is 0 Å². The molecule has 0 saturated carbocycles. The number of amides is 1. The summed E-state index contributed by atoms with van der Waals surface area (Å²) in [5, 5.41) is 11.1. The zero-order chi connectivity index (χ0) is 13.8. The van der Waals surface area contributed by atoms with Gasteiger partial charge in [-0.05, 0) is 25.0 Å². The molecule has 19 heavy (non-hydrogen) atoms. The van der Waals surface area contributed by atoms with Gasteiger partial charge in [-0.25, -0.2) is 4.98 Å². The van der Waals surface area contributed by atoms with Gasteiger partial charge in [-0.2, -0.15) is 0 Å². The van der Waals surface area contributed by atoms with E-state index < -0.39 is 5.97 Å². The van der Waals surface area contributed by atoms with Gasteiger partial charge in [0.25, 0.3) is 5.91 Å². The number of carboxylic acid groups (broad SMARTS) is 1. The van der Waals surface area contributed by atoms with E-state index in [0.717, 1.165) is 11.2 Å². The zero-order valence-electron chi connectivity index (χ0n) is 10.6. The van der Waals surface area contributed by atoms with E-state index in [1.165, 1.54) is 0 Å². The number of nitrogens with one attached hydrogen (secondary N) is 1. The van der Waals surface area contributed by atoms with E-state index in [0.29, 0.717) is 18.7 Å². The van der Waals surface area contributed by atoms with Crippen molar-refractivity contribution in [3.05, 3.63) is 35.8 Å². The summed E-state index contributed by atoms with van der Waals surface area (Å²) in [5.74, 6) is -1.15. The molecule has 2 aromatic heterocycles. The normalized spacial score (nSPS) is 10.6. The Bertz CT molecular complexity index is 619. The van der Waals surface area contributed by atoms with Crippen LogP contribution in [0.3, 0.4) is 0 Å². The van der Waals surface area contributed by atoms with Gasteiger partial charge in [-0.3, -0.25) is 9.59 Å². The number of carboxylic acids is 1. The smallest absolute Gasteiger partial charge is 0.303 e. The summed E-state index contributed by atoms with van der Waals surface area (Å²) in [6, 6.07) is 3.81. The third-order valence-electron chi connectivity index (χ3n) is 2.76. The molecular weight excluding hydrogens is 246 g/mol. The number of aryl methyl sites for hydroxylation is 1. The van der Waals surface area contributed by atoms with Crippen LogP contribution in [0.2, 0.25) is 0 Å². The van der Waals surface area contributed by atoms with Crippen molar-refractivity contribution in [2.45, 2.75) is 19.8 Å². The van der Waals surface area contributed by atoms with Crippen molar-refractivity contribution in [3.63, 3.8) is 0 Å². The van der Waals surface area contributed by atoms with E-state index >= 15 is 0 Å². The Morgan fingerprint density at radius 2 is 2.26 bits per heavy atom. The number of aliphatic carboxylic acids is 1. The predicted molar refractivity (Wildman–Crippen MR) is 69.1 cm³/mol. The fourth-order valence-corrected chi connectivity index (χ4v) is 1.80. The average Bonchev–Trinajstić information content (AvgIpc) is 2.79. The lowest BCUT2D eigenvalue weighted by atomic mass is 10.3. The lowest BCUT2D eigenvalue weighted by Gasteiger charge is -2.00. The average molecular weight is 261 g/mol. The molecule has 0 aliphatic rings. The standard InChI is InChI=1S/C13H15N3O3/c1-9-4-3-7-16-8-10(15-12(9)16)13(19)14-6-2-5-11(17)18/h3-4,7-8H,2,5-6H2,1H3,(H,14,19)(H,17,18). The fraction of sp³-hybridized carbons (Fsp3) is 0.308. The highest BCUT2D eigenvalue weighted by Gasteiger charge is 2.11. The zero-order valence-corrected chi connectivity index (χ0v) is 10.6. The molecule has 0 fully saturated rings. The first-order valence-electron chi connectivity index (χ1n) is 6.02. The molecule has 6 nitrogen and oxygen atoms in total. The molecule has 0 radical (unpaired) electrons. The highest BCUT2D eigenvalue weighted by Crippen LogP contribution is 2.09. The number of imidazole rings is 1. The minimum atomic E-state index is -0.863. The summed E-state index contributed by atoms with van der Waals surface area (Å²) in [6.07, 6.45) is 3.95. The van der Waals surface area contributed by atoms with Crippen molar-refractivity contribution >= 4 is 17.5 Å². The highest BCUT2D eigenvalue weighted by atomic mass is 16.4. The van der Waals surface area contributed by atoms with E-state index in [2.05, 4.69) is 10.3 Å². The van der Waals surface area contributed by atoms with Crippen LogP contribution in [0.25, 0.3) is 5.65 Å². The van der Waals surface area contributed by atoms with Crippen LogP contribution in [0.5, 0.6) is 0 Å². The Labute approximate surface area is 110 Å². The maximum atomic E-state index is 11.8. The van der Waals surface area contributed by atoms with E-state index in [9.17, 15) is 9.59 Å². The Balaban J connectivity index is 2.01. The highest BCUT2D eigenvalue weighted by molar-refractivity contribution is 5.92. The number of aromatic nitrogens is 2. The molecule has 0 unspecified atom stereocenters. The Kier molecular flexibility index (Phi) is 3.79. The van der Waals surface area contributed by atoms with Crippen molar-refractivity contribution in [2.75, 3.05) is 6.54 Å². The van der Waals surface area contributed by atoms with Gasteiger partial charge in [0.1, 0.15) is 11.3 Å². The monoisotopic (exact) mass is 261 g/mol. The van der Waals surface area contributed by atoms with Crippen molar-refractivity contribution in [1.29, 1.82) is 0 Å². The number of hydrogen-bond acceptors (Lipinski definition) is 3. The Morgan fingerprint density at radius 1 is 1.47 bits per heavy atom. The fourth-order valence-electron chi connectivity index (χ4n) is 1.80. The second-order valence-corrected chi connectivity index (χ2v) is 4.30. The third-order valence-corrected chi connectivity index (χ3v) is 2.76. The van der Waals surface area contributed by atoms with Crippen molar-refractivity contribution < 1.29 is 14.7 Å². The molecule has 2 rings (SSSR count). The van der Waals surface area contributed by atoms with Crippen LogP contribution in [0.1, 0.15) is 28.9 Å². The molecule has 0 aromatic carbocycles. The Morgan fingerprint density at radius 3 is 2.95 bits per heavy atom. The van der Waals surface area contributed by atoms with Crippen molar-refractivity contribution in [2.24, 2.45) is 0 Å². The summed E-state index contributed by atoms with van der Waals surface area (Å²) in [6.45, 7) is 2.26. The van der Waals surface area contributed by atoms with Crippen LogP contribution in [-0.2, 0) is 4.79 Å². The third kappa shape index (κ3) is 3.09. The van der Waals surface area contributed by atoms with Gasteiger partial charge in [0, 0.05) is 25.4 Å². The largest absolute Gasteiger partial charge is 0.481 e. The number of hydrogen-bond donors (Lipinski definition) is 2. The number of nitrogens with zero attached hydrogens (tertiary/aromatic N) is 2. The summed E-state index contributed by atoms with van der Waals surface area (Å²) in [4.78, 5) is 26.4. The SMILES string of the molecule is Cc1cccn2cc(C(=O)NCCCC(=O)O)nc12. The summed E-state index contributed by atoms with van der Waals surface area (Å²) in [7, 11) is 0. The van der Waals surface area contributed by atoms with Gasteiger partial charge in [0.2, 0.25) is 0 Å². The summed E-state index contributed by atoms with van der Waals surface area (Å²) in [5.41, 5.74) is 2.08. The topological polar surface area (TPSA) is 83.7 Å². The number of carbonyl (C=O) groups is 2. The van der Waals surface area contributed by atoms with Gasteiger partial charge in [-0.1, -0.05) is 6.07 Å². The number of rotatable bonds is 5. The van der Waals surface area contributed by atoms with Gasteiger partial charge in [-0.15, -0.1) is 0 Å². The van der Waals surface area contributed by atoms with Gasteiger partial charge in [0.15, 0.2) is 0 Å². The van der Waals surface area contributed by atoms with E-state index in [1.807, 2.05) is 25.3 Å². The van der Waals surface area contributed by atoms with Gasteiger partial charge >= 0.3 is 5.97 Å². The summed E-state index contributed by atoms with van der Waals surface area (Å²) < 4.78 is 1.79. The predicted octanol–water partition coefficient (Wildman–Crippen LogP) is 1.24. The van der Waals surface area contributed by atoms with Crippen LogP contribution in [-0.4, -0.2) is 32.9 Å². The van der Waals surface area contributed by atoms with Crippen LogP contribution < -0.4 is 5.32 Å². The van der Waals surface area contributed by atoms with E-state index in [1.54, 1.807) is 10.6 Å². The quantitative estimate of drug-likeness (QED) is 0.793. The first-order chi connectivity index (χ1) is 9.08. The van der Waals surface area contributed by atoms with Crippen molar-refractivity contribution in [3.8, 4) is 0 Å². The molecule has 2 heterocycles.